The predicted molar refractivity (Wildman–Crippen MR) is 51.0 cm³/mol. The fraction of sp³-hybridized carbons (Fsp3) is 0.889. The number of aliphatic hydroxyl groups excluding tert-OH is 2. The molecule has 1 rings (SSSR count). The van der Waals surface area contributed by atoms with Crippen molar-refractivity contribution in [2.75, 3.05) is 7.11 Å². The topological polar surface area (TPSA) is 88.0 Å². The fourth-order valence-electron chi connectivity index (χ4n) is 1.73. The second-order valence-corrected chi connectivity index (χ2v) is 3.65. The van der Waals surface area contributed by atoms with Gasteiger partial charge in [0.2, 0.25) is 5.91 Å². The van der Waals surface area contributed by atoms with Crippen LogP contribution in [0.25, 0.3) is 0 Å². The Bertz CT molecular complexity index is 235. The van der Waals surface area contributed by atoms with Crippen LogP contribution >= 0.6 is 0 Å². The quantitative estimate of drug-likeness (QED) is 0.532. The Labute approximate surface area is 88.2 Å². The largest absolute Gasteiger partial charge is 0.388 e. The highest BCUT2D eigenvalue weighted by Crippen LogP contribution is 2.21. The molecule has 6 heteroatoms. The lowest BCUT2D eigenvalue weighted by molar-refractivity contribution is -0.259. The van der Waals surface area contributed by atoms with Gasteiger partial charge in [0.05, 0.1) is 12.1 Å². The summed E-state index contributed by atoms with van der Waals surface area (Å²) in [4.78, 5) is 10.9. The van der Waals surface area contributed by atoms with E-state index in [0.29, 0.717) is 0 Å². The van der Waals surface area contributed by atoms with Gasteiger partial charge in [0.15, 0.2) is 6.29 Å². The zero-order chi connectivity index (χ0) is 11.6. The Kier molecular flexibility index (Phi) is 4.04. The molecule has 1 aliphatic rings. The zero-order valence-corrected chi connectivity index (χ0v) is 9.01. The van der Waals surface area contributed by atoms with E-state index in [0.717, 1.165) is 0 Å². The van der Waals surface area contributed by atoms with Crippen LogP contribution in [0.4, 0.5) is 0 Å². The summed E-state index contributed by atoms with van der Waals surface area (Å²) in [5.74, 6) is -0.263. The van der Waals surface area contributed by atoms with Crippen molar-refractivity contribution in [1.29, 1.82) is 0 Å². The van der Waals surface area contributed by atoms with Crippen LogP contribution in [0.2, 0.25) is 0 Å². The number of methoxy groups -OCH3 is 1. The van der Waals surface area contributed by atoms with Crippen LogP contribution in [0, 0.1) is 0 Å². The van der Waals surface area contributed by atoms with Gasteiger partial charge in [0.25, 0.3) is 0 Å². The first-order valence-corrected chi connectivity index (χ1v) is 4.79. The van der Waals surface area contributed by atoms with Gasteiger partial charge >= 0.3 is 0 Å². The molecule has 3 N–H and O–H groups in total. The summed E-state index contributed by atoms with van der Waals surface area (Å²) in [5, 5.41) is 21.8. The van der Waals surface area contributed by atoms with Crippen molar-refractivity contribution in [1.82, 2.24) is 5.32 Å². The molecule has 0 aromatic rings. The minimum atomic E-state index is -1.18. The van der Waals surface area contributed by atoms with Crippen molar-refractivity contribution in [3.8, 4) is 0 Å². The number of amides is 1. The molecule has 5 atom stereocenters. The van der Waals surface area contributed by atoms with Crippen LogP contribution in [0.1, 0.15) is 13.8 Å². The predicted octanol–water partition coefficient (Wildman–Crippen LogP) is -1.40. The maximum absolute atomic E-state index is 10.9. The van der Waals surface area contributed by atoms with E-state index in [1.807, 2.05) is 0 Å². The molecule has 1 saturated heterocycles. The zero-order valence-electron chi connectivity index (χ0n) is 9.01. The van der Waals surface area contributed by atoms with E-state index in [2.05, 4.69) is 5.32 Å². The van der Waals surface area contributed by atoms with Gasteiger partial charge in [-0.3, -0.25) is 4.79 Å². The third kappa shape index (κ3) is 2.66. The number of hydrogen-bond donors (Lipinski definition) is 3. The van der Waals surface area contributed by atoms with Gasteiger partial charge in [-0.2, -0.15) is 0 Å². The molecule has 0 unspecified atom stereocenters. The average molecular weight is 219 g/mol. The number of aliphatic hydroxyl groups is 2. The summed E-state index contributed by atoms with van der Waals surface area (Å²) in [5.41, 5.74) is 0. The van der Waals surface area contributed by atoms with Gasteiger partial charge in [-0.25, -0.2) is 0 Å². The van der Waals surface area contributed by atoms with Gasteiger partial charge in [0.1, 0.15) is 12.2 Å². The Hall–Kier alpha value is -0.690. The molecule has 0 bridgehead atoms. The van der Waals surface area contributed by atoms with Crippen molar-refractivity contribution in [3.63, 3.8) is 0 Å². The van der Waals surface area contributed by atoms with Crippen LogP contribution in [0.5, 0.6) is 0 Å². The van der Waals surface area contributed by atoms with Gasteiger partial charge in [-0.05, 0) is 6.92 Å². The average Bonchev–Trinajstić information content (AvgIpc) is 2.12. The summed E-state index contributed by atoms with van der Waals surface area (Å²) in [7, 11) is 1.36. The first-order chi connectivity index (χ1) is 6.97. The number of nitrogens with one attached hydrogen (secondary N) is 1. The molecule has 0 radical (unpaired) electrons. The van der Waals surface area contributed by atoms with E-state index in [1.54, 1.807) is 6.92 Å². The van der Waals surface area contributed by atoms with Crippen LogP contribution in [0.3, 0.4) is 0 Å². The highest BCUT2D eigenvalue weighted by atomic mass is 16.6. The van der Waals surface area contributed by atoms with Crippen molar-refractivity contribution >= 4 is 5.91 Å². The van der Waals surface area contributed by atoms with Gasteiger partial charge < -0.3 is 25.0 Å². The molecule has 6 nitrogen and oxygen atoms in total. The monoisotopic (exact) mass is 219 g/mol. The third-order valence-corrected chi connectivity index (χ3v) is 2.49. The van der Waals surface area contributed by atoms with Crippen LogP contribution in [-0.4, -0.2) is 53.9 Å². The number of ether oxygens (including phenoxy) is 2. The molecule has 88 valence electrons. The van der Waals surface area contributed by atoms with Crippen LogP contribution in [0.15, 0.2) is 0 Å². The summed E-state index contributed by atoms with van der Waals surface area (Å²) >= 11 is 0. The minimum Gasteiger partial charge on any atom is -0.388 e. The molecule has 0 aromatic heterocycles. The Morgan fingerprint density at radius 3 is 2.53 bits per heavy atom. The van der Waals surface area contributed by atoms with E-state index in [4.69, 9.17) is 9.47 Å². The molecule has 1 amide bonds. The maximum atomic E-state index is 10.9. The highest BCUT2D eigenvalue weighted by molar-refractivity contribution is 5.73. The summed E-state index contributed by atoms with van der Waals surface area (Å²) in [6.45, 7) is 3.02. The number of carbonyl (C=O) groups excluding carboxylic acids is 1. The summed E-state index contributed by atoms with van der Waals surface area (Å²) in [6.07, 6.45) is -3.48. The van der Waals surface area contributed by atoms with Crippen molar-refractivity contribution < 1.29 is 24.5 Å². The molecule has 15 heavy (non-hydrogen) atoms. The molecule has 1 heterocycles. The number of rotatable bonds is 2. The smallest absolute Gasteiger partial charge is 0.217 e. The van der Waals surface area contributed by atoms with Gasteiger partial charge in [-0.15, -0.1) is 0 Å². The Morgan fingerprint density at radius 2 is 2.07 bits per heavy atom. The van der Waals surface area contributed by atoms with Crippen molar-refractivity contribution in [3.05, 3.63) is 0 Å². The van der Waals surface area contributed by atoms with Gasteiger partial charge in [0, 0.05) is 14.0 Å². The molecule has 0 spiro atoms. The normalized spacial score (nSPS) is 41.3. The second kappa shape index (κ2) is 4.89. The van der Waals surface area contributed by atoms with Gasteiger partial charge in [-0.1, -0.05) is 0 Å². The highest BCUT2D eigenvalue weighted by Gasteiger charge is 2.43. The third-order valence-electron chi connectivity index (χ3n) is 2.49. The maximum Gasteiger partial charge on any atom is 0.217 e. The first-order valence-electron chi connectivity index (χ1n) is 4.79. The molecule has 1 aliphatic heterocycles. The molecule has 0 aliphatic carbocycles. The Morgan fingerprint density at radius 1 is 1.47 bits per heavy atom. The fourth-order valence-corrected chi connectivity index (χ4v) is 1.73. The molecular weight excluding hydrogens is 202 g/mol. The molecule has 0 saturated carbocycles. The van der Waals surface area contributed by atoms with E-state index in [9.17, 15) is 15.0 Å². The van der Waals surface area contributed by atoms with Crippen LogP contribution < -0.4 is 5.32 Å². The lowest BCUT2D eigenvalue weighted by Crippen LogP contribution is -2.62. The van der Waals surface area contributed by atoms with E-state index in [-0.39, 0.29) is 5.91 Å². The standard InChI is InChI=1S/C9H17NO5/c1-4-6(10-5(2)11)7(12)8(14-3)9(13)15-4/h4,6-9,12-13H,1-3H3,(H,10,11)/t4-,6-,7+,8-,9+/m0/s1. The van der Waals surface area contributed by atoms with E-state index < -0.39 is 30.6 Å². The lowest BCUT2D eigenvalue weighted by Gasteiger charge is -2.41. The minimum absolute atomic E-state index is 0.263. The first kappa shape index (κ1) is 12.4. The number of hydrogen-bond acceptors (Lipinski definition) is 5. The summed E-state index contributed by atoms with van der Waals surface area (Å²) in [6, 6.07) is -0.573. The molecule has 1 fully saturated rings. The van der Waals surface area contributed by atoms with E-state index >= 15 is 0 Å². The van der Waals surface area contributed by atoms with Crippen molar-refractivity contribution in [2.45, 2.75) is 44.5 Å². The molecular formula is C9H17NO5. The van der Waals surface area contributed by atoms with Crippen molar-refractivity contribution in [2.24, 2.45) is 0 Å². The molecule has 0 aromatic carbocycles. The van der Waals surface area contributed by atoms with E-state index in [1.165, 1.54) is 14.0 Å². The summed E-state index contributed by atoms with van der Waals surface area (Å²) < 4.78 is 10.0. The lowest BCUT2D eigenvalue weighted by atomic mass is 9.97. The SMILES string of the molecule is CO[C@H]1[C@H](O)[C@@H](NC(C)=O)[C@H](C)O[C@H]1O. The second-order valence-electron chi connectivity index (χ2n) is 3.65. The van der Waals surface area contributed by atoms with Crippen LogP contribution in [-0.2, 0) is 14.3 Å². The Balaban J connectivity index is 2.73. The number of carbonyl (C=O) groups is 1.